The van der Waals surface area contributed by atoms with Gasteiger partial charge in [-0.1, -0.05) is 6.07 Å². The summed E-state index contributed by atoms with van der Waals surface area (Å²) >= 11 is 0. The summed E-state index contributed by atoms with van der Waals surface area (Å²) in [6, 6.07) is 8.34. The molecule has 0 amide bonds. The summed E-state index contributed by atoms with van der Waals surface area (Å²) in [5.74, 6) is 1.44. The van der Waals surface area contributed by atoms with Gasteiger partial charge in [-0.3, -0.25) is 15.1 Å². The molecule has 1 aromatic carbocycles. The molecule has 0 unspecified atom stereocenters. The van der Waals surface area contributed by atoms with E-state index in [4.69, 9.17) is 4.42 Å². The van der Waals surface area contributed by atoms with Gasteiger partial charge in [0, 0.05) is 17.8 Å². The van der Waals surface area contributed by atoms with Gasteiger partial charge in [-0.15, -0.1) is 0 Å². The van der Waals surface area contributed by atoms with E-state index in [2.05, 4.69) is 10.3 Å². The summed E-state index contributed by atoms with van der Waals surface area (Å²) in [6.45, 7) is 4.12. The number of hydrogen-bond donors (Lipinski definition) is 1. The van der Waals surface area contributed by atoms with E-state index >= 15 is 0 Å². The molecule has 0 atom stereocenters. The molecule has 1 aromatic heterocycles. The summed E-state index contributed by atoms with van der Waals surface area (Å²) in [6.07, 6.45) is 1.60. The van der Waals surface area contributed by atoms with Gasteiger partial charge in [-0.05, 0) is 31.5 Å². The zero-order valence-corrected chi connectivity index (χ0v) is 11.3. The molecule has 2 rings (SSSR count). The molecular formula is C14H15N3O3. The fourth-order valence-corrected chi connectivity index (χ4v) is 1.69. The summed E-state index contributed by atoms with van der Waals surface area (Å²) in [5.41, 5.74) is 1.65. The van der Waals surface area contributed by atoms with Gasteiger partial charge in [-0.25, -0.2) is 0 Å². The number of aliphatic imine (C=N–C) groups is 1. The molecule has 1 heterocycles. The second kappa shape index (κ2) is 6.01. The number of nitro benzene ring substituents is 1. The van der Waals surface area contributed by atoms with E-state index in [9.17, 15) is 10.1 Å². The third-order valence-corrected chi connectivity index (χ3v) is 2.80. The first kappa shape index (κ1) is 13.8. The number of nitrogens with zero attached hydrogens (tertiary/aromatic N) is 2. The van der Waals surface area contributed by atoms with Gasteiger partial charge < -0.3 is 9.73 Å². The Morgan fingerprint density at radius 1 is 1.45 bits per heavy atom. The molecule has 6 nitrogen and oxygen atoms in total. The van der Waals surface area contributed by atoms with Crippen molar-refractivity contribution in [1.82, 2.24) is 0 Å². The predicted molar refractivity (Wildman–Crippen MR) is 77.0 cm³/mol. The van der Waals surface area contributed by atoms with Crippen LogP contribution in [0.25, 0.3) is 0 Å². The highest BCUT2D eigenvalue weighted by molar-refractivity contribution is 5.94. The van der Waals surface area contributed by atoms with Crippen LogP contribution in [0, 0.1) is 17.0 Å². The number of anilines is 1. The number of hydrogen-bond acceptors (Lipinski definition) is 4. The Balaban J connectivity index is 2.10. The Labute approximate surface area is 116 Å². The molecule has 6 heteroatoms. The number of amidine groups is 1. The SMILES string of the molecule is CC(=NCc1ccco1)Nc1cc([N+](=O)[O-])ccc1C. The average Bonchev–Trinajstić information content (AvgIpc) is 2.92. The van der Waals surface area contributed by atoms with Crippen LogP contribution in [0.5, 0.6) is 0 Å². The van der Waals surface area contributed by atoms with Crippen LogP contribution in [0.15, 0.2) is 46.0 Å². The van der Waals surface area contributed by atoms with Crippen molar-refractivity contribution in [2.24, 2.45) is 4.99 Å². The Kier molecular flexibility index (Phi) is 4.14. The van der Waals surface area contributed by atoms with Gasteiger partial charge in [0.15, 0.2) is 0 Å². The maximum Gasteiger partial charge on any atom is 0.271 e. The average molecular weight is 273 g/mol. The zero-order chi connectivity index (χ0) is 14.5. The van der Waals surface area contributed by atoms with Gasteiger partial charge in [0.1, 0.15) is 5.76 Å². The van der Waals surface area contributed by atoms with Crippen LogP contribution < -0.4 is 5.32 Å². The molecule has 0 aliphatic heterocycles. The number of non-ortho nitro benzene ring substituents is 1. The highest BCUT2D eigenvalue weighted by Gasteiger charge is 2.08. The fourth-order valence-electron chi connectivity index (χ4n) is 1.69. The summed E-state index contributed by atoms with van der Waals surface area (Å²) in [7, 11) is 0. The quantitative estimate of drug-likeness (QED) is 0.400. The second-order valence-corrected chi connectivity index (χ2v) is 4.36. The minimum Gasteiger partial charge on any atom is -0.467 e. The fraction of sp³-hybridized carbons (Fsp3) is 0.214. The van der Waals surface area contributed by atoms with E-state index in [0.29, 0.717) is 18.1 Å². The van der Waals surface area contributed by atoms with Crippen LogP contribution in [-0.2, 0) is 6.54 Å². The standard InChI is InChI=1S/C14H15N3O3/c1-10-5-6-12(17(18)19)8-14(10)16-11(2)15-9-13-4-3-7-20-13/h3-8H,9H2,1-2H3,(H,15,16). The van der Waals surface area contributed by atoms with Crippen molar-refractivity contribution in [2.45, 2.75) is 20.4 Å². The Morgan fingerprint density at radius 2 is 2.25 bits per heavy atom. The van der Waals surface area contributed by atoms with Crippen LogP contribution in [0.2, 0.25) is 0 Å². The minimum atomic E-state index is -0.417. The van der Waals surface area contributed by atoms with E-state index in [-0.39, 0.29) is 5.69 Å². The molecule has 0 aliphatic rings. The van der Waals surface area contributed by atoms with Crippen LogP contribution >= 0.6 is 0 Å². The van der Waals surface area contributed by atoms with Crippen molar-refractivity contribution < 1.29 is 9.34 Å². The zero-order valence-electron chi connectivity index (χ0n) is 11.3. The van der Waals surface area contributed by atoms with Crippen molar-refractivity contribution in [3.05, 3.63) is 58.0 Å². The number of aryl methyl sites for hydroxylation is 1. The molecule has 0 saturated carbocycles. The molecular weight excluding hydrogens is 258 g/mol. The summed E-state index contributed by atoms with van der Waals surface area (Å²) < 4.78 is 5.18. The van der Waals surface area contributed by atoms with Gasteiger partial charge in [0.05, 0.1) is 23.6 Å². The normalized spacial score (nSPS) is 11.4. The lowest BCUT2D eigenvalue weighted by molar-refractivity contribution is -0.384. The van der Waals surface area contributed by atoms with Crippen LogP contribution in [0.1, 0.15) is 18.2 Å². The van der Waals surface area contributed by atoms with E-state index in [1.807, 2.05) is 13.0 Å². The highest BCUT2D eigenvalue weighted by atomic mass is 16.6. The third-order valence-electron chi connectivity index (χ3n) is 2.80. The summed E-state index contributed by atoms with van der Waals surface area (Å²) in [4.78, 5) is 14.7. The van der Waals surface area contributed by atoms with Crippen molar-refractivity contribution in [3.63, 3.8) is 0 Å². The highest BCUT2D eigenvalue weighted by Crippen LogP contribution is 2.21. The largest absolute Gasteiger partial charge is 0.467 e. The number of rotatable bonds is 4. The molecule has 104 valence electrons. The Bertz CT molecular complexity index is 633. The number of furan rings is 1. The molecule has 1 N–H and O–H groups in total. The van der Waals surface area contributed by atoms with E-state index in [0.717, 1.165) is 11.3 Å². The van der Waals surface area contributed by atoms with Crippen molar-refractivity contribution in [2.75, 3.05) is 5.32 Å². The Morgan fingerprint density at radius 3 is 2.90 bits per heavy atom. The van der Waals surface area contributed by atoms with E-state index in [1.165, 1.54) is 12.1 Å². The lowest BCUT2D eigenvalue weighted by Crippen LogP contribution is -2.09. The maximum absolute atomic E-state index is 10.8. The number of benzene rings is 1. The van der Waals surface area contributed by atoms with Gasteiger partial charge in [0.2, 0.25) is 0 Å². The molecule has 0 spiro atoms. The van der Waals surface area contributed by atoms with Crippen LogP contribution in [0.3, 0.4) is 0 Å². The molecule has 2 aromatic rings. The molecule has 0 aliphatic carbocycles. The monoisotopic (exact) mass is 273 g/mol. The first-order valence-electron chi connectivity index (χ1n) is 6.12. The van der Waals surface area contributed by atoms with Crippen molar-refractivity contribution in [1.29, 1.82) is 0 Å². The predicted octanol–water partition coefficient (Wildman–Crippen LogP) is 3.53. The summed E-state index contributed by atoms with van der Waals surface area (Å²) in [5, 5.41) is 13.8. The molecule has 20 heavy (non-hydrogen) atoms. The second-order valence-electron chi connectivity index (χ2n) is 4.36. The number of nitrogens with one attached hydrogen (secondary N) is 1. The smallest absolute Gasteiger partial charge is 0.271 e. The molecule has 0 bridgehead atoms. The van der Waals surface area contributed by atoms with Crippen molar-refractivity contribution >= 4 is 17.2 Å². The topological polar surface area (TPSA) is 80.7 Å². The lowest BCUT2D eigenvalue weighted by atomic mass is 10.2. The van der Waals surface area contributed by atoms with Gasteiger partial charge >= 0.3 is 0 Å². The first-order valence-corrected chi connectivity index (χ1v) is 6.12. The van der Waals surface area contributed by atoms with Crippen LogP contribution in [0.4, 0.5) is 11.4 Å². The molecule has 0 radical (unpaired) electrons. The minimum absolute atomic E-state index is 0.0527. The van der Waals surface area contributed by atoms with E-state index < -0.39 is 4.92 Å². The first-order chi connectivity index (χ1) is 9.56. The van der Waals surface area contributed by atoms with Gasteiger partial charge in [-0.2, -0.15) is 0 Å². The third kappa shape index (κ3) is 3.44. The lowest BCUT2D eigenvalue weighted by Gasteiger charge is -2.08. The van der Waals surface area contributed by atoms with Crippen LogP contribution in [-0.4, -0.2) is 10.8 Å². The van der Waals surface area contributed by atoms with Gasteiger partial charge in [0.25, 0.3) is 5.69 Å². The Hall–Kier alpha value is -2.63. The van der Waals surface area contributed by atoms with Crippen molar-refractivity contribution in [3.8, 4) is 0 Å². The maximum atomic E-state index is 10.8. The van der Waals surface area contributed by atoms with E-state index in [1.54, 1.807) is 25.3 Å². The molecule has 0 fully saturated rings. The molecule has 0 saturated heterocycles. The number of nitro groups is 1.